The van der Waals surface area contributed by atoms with Gasteiger partial charge in [-0.25, -0.2) is 4.84 Å². The van der Waals surface area contributed by atoms with E-state index in [1.807, 2.05) is 11.9 Å². The number of esters is 1. The number of halogens is 1. The minimum Gasteiger partial charge on any atom is -0.468 e. The smallest absolute Gasteiger partial charge is 0.323 e. The van der Waals surface area contributed by atoms with Gasteiger partial charge in [-0.2, -0.15) is 0 Å². The van der Waals surface area contributed by atoms with Crippen LogP contribution in [0.4, 0.5) is 0 Å². The summed E-state index contributed by atoms with van der Waals surface area (Å²) in [7, 11) is 3.29. The zero-order valence-electron chi connectivity index (χ0n) is 7.21. The Bertz CT molecular complexity index is 177. The molecular weight excluding hydrogens is 180 g/mol. The number of likely N-dealkylation sites (N-methyl/N-ethyl adjacent to an activating group) is 1. The fraction of sp³-hybridized carbons (Fsp3) is 0.857. The van der Waals surface area contributed by atoms with E-state index in [2.05, 4.69) is 9.57 Å². The van der Waals surface area contributed by atoms with Crippen LogP contribution in [0.15, 0.2) is 0 Å². The summed E-state index contributed by atoms with van der Waals surface area (Å²) in [5.41, 5.74) is 0. The largest absolute Gasteiger partial charge is 0.468 e. The van der Waals surface area contributed by atoms with Gasteiger partial charge < -0.3 is 4.74 Å². The minimum atomic E-state index is -0.188. The van der Waals surface area contributed by atoms with E-state index in [4.69, 9.17) is 11.8 Å². The number of likely N-dealkylation sites (tertiary alicyclic amines) is 1. The molecule has 1 saturated heterocycles. The topological polar surface area (TPSA) is 41.6 Å². The molecule has 1 N–H and O–H groups in total. The zero-order valence-corrected chi connectivity index (χ0v) is 7.97. The number of rotatable bonds is 2. The normalized spacial score (nSPS) is 30.6. The average molecular weight is 193 g/mol. The van der Waals surface area contributed by atoms with Crippen LogP contribution < -0.4 is 4.84 Å². The van der Waals surface area contributed by atoms with Gasteiger partial charge >= 0.3 is 5.97 Å². The first-order chi connectivity index (χ1) is 5.69. The van der Waals surface area contributed by atoms with Crippen LogP contribution in [0.25, 0.3) is 0 Å². The summed E-state index contributed by atoms with van der Waals surface area (Å²) in [4.78, 5) is 15.7. The van der Waals surface area contributed by atoms with Crippen molar-refractivity contribution in [2.45, 2.75) is 18.5 Å². The molecule has 1 aliphatic rings. The predicted molar refractivity (Wildman–Crippen MR) is 45.8 cm³/mol. The number of hydrogen-bond donors (Lipinski definition) is 1. The Kier molecular flexibility index (Phi) is 3.31. The van der Waals surface area contributed by atoms with E-state index in [0.717, 1.165) is 6.54 Å². The van der Waals surface area contributed by atoms with Gasteiger partial charge in [0.15, 0.2) is 0 Å². The molecule has 0 aromatic rings. The van der Waals surface area contributed by atoms with E-state index in [-0.39, 0.29) is 18.1 Å². The van der Waals surface area contributed by atoms with Crippen LogP contribution in [0.2, 0.25) is 0 Å². The molecule has 2 atom stereocenters. The van der Waals surface area contributed by atoms with Crippen LogP contribution in [0.5, 0.6) is 0 Å². The van der Waals surface area contributed by atoms with Gasteiger partial charge in [-0.1, -0.05) is 0 Å². The summed E-state index contributed by atoms with van der Waals surface area (Å²) < 4.78 is 4.65. The lowest BCUT2D eigenvalue weighted by Crippen LogP contribution is -2.33. The van der Waals surface area contributed by atoms with Crippen molar-refractivity contribution in [1.82, 2.24) is 9.74 Å². The van der Waals surface area contributed by atoms with Crippen LogP contribution >= 0.6 is 11.8 Å². The van der Waals surface area contributed by atoms with Gasteiger partial charge in [-0.3, -0.25) is 9.69 Å². The SMILES string of the molecule is COC(=O)C1CC(NCl)CN1C. The maximum Gasteiger partial charge on any atom is 0.323 e. The third kappa shape index (κ3) is 1.88. The first kappa shape index (κ1) is 9.77. The molecule has 70 valence electrons. The molecule has 1 aliphatic heterocycles. The molecule has 0 saturated carbocycles. The highest BCUT2D eigenvalue weighted by Gasteiger charge is 2.34. The van der Waals surface area contributed by atoms with Gasteiger partial charge in [-0.15, -0.1) is 0 Å². The van der Waals surface area contributed by atoms with Gasteiger partial charge in [0.2, 0.25) is 0 Å². The van der Waals surface area contributed by atoms with Crippen molar-refractivity contribution in [3.63, 3.8) is 0 Å². The maximum absolute atomic E-state index is 11.2. The van der Waals surface area contributed by atoms with Crippen LogP contribution in [0.3, 0.4) is 0 Å². The summed E-state index contributed by atoms with van der Waals surface area (Å²) >= 11 is 5.46. The van der Waals surface area contributed by atoms with Crippen LogP contribution in [-0.4, -0.2) is 43.7 Å². The lowest BCUT2D eigenvalue weighted by Gasteiger charge is -2.15. The molecule has 0 bridgehead atoms. The van der Waals surface area contributed by atoms with Crippen molar-refractivity contribution in [3.05, 3.63) is 0 Å². The molecule has 1 rings (SSSR count). The van der Waals surface area contributed by atoms with Crippen LogP contribution in [0, 0.1) is 0 Å². The Morgan fingerprint density at radius 2 is 2.42 bits per heavy atom. The standard InChI is InChI=1S/C7H13ClN2O2/c1-10-4-5(9-8)3-6(10)7(11)12-2/h5-6,9H,3-4H2,1-2H3. The van der Waals surface area contributed by atoms with Gasteiger partial charge in [0.1, 0.15) is 6.04 Å². The van der Waals surface area contributed by atoms with Crippen molar-refractivity contribution >= 4 is 17.7 Å². The maximum atomic E-state index is 11.2. The molecule has 4 nitrogen and oxygen atoms in total. The van der Waals surface area contributed by atoms with E-state index in [0.29, 0.717) is 6.42 Å². The molecule has 5 heteroatoms. The first-order valence-corrected chi connectivity index (χ1v) is 4.21. The van der Waals surface area contributed by atoms with Gasteiger partial charge in [0.25, 0.3) is 0 Å². The number of nitrogens with one attached hydrogen (secondary N) is 1. The third-order valence-corrected chi connectivity index (χ3v) is 2.48. The van der Waals surface area contributed by atoms with Crippen LogP contribution in [0.1, 0.15) is 6.42 Å². The fourth-order valence-electron chi connectivity index (χ4n) is 1.49. The number of ether oxygens (including phenoxy) is 1. The van der Waals surface area contributed by atoms with E-state index < -0.39 is 0 Å². The second kappa shape index (κ2) is 4.07. The number of carbonyl (C=O) groups is 1. The predicted octanol–water partition coefficient (Wildman–Crippen LogP) is -0.0245. The highest BCUT2D eigenvalue weighted by Crippen LogP contribution is 2.16. The Balaban J connectivity index is 2.51. The molecular formula is C7H13ClN2O2. The highest BCUT2D eigenvalue weighted by atomic mass is 35.5. The zero-order chi connectivity index (χ0) is 9.14. The Morgan fingerprint density at radius 3 is 2.83 bits per heavy atom. The Morgan fingerprint density at radius 1 is 1.75 bits per heavy atom. The second-order valence-corrected chi connectivity index (χ2v) is 3.24. The van der Waals surface area contributed by atoms with Crippen molar-refractivity contribution in [3.8, 4) is 0 Å². The average Bonchev–Trinajstić information content (AvgIpc) is 2.45. The molecule has 12 heavy (non-hydrogen) atoms. The van der Waals surface area contributed by atoms with Crippen molar-refractivity contribution < 1.29 is 9.53 Å². The molecule has 0 aromatic carbocycles. The molecule has 0 amide bonds. The summed E-state index contributed by atoms with van der Waals surface area (Å²) in [6.45, 7) is 0.781. The summed E-state index contributed by atoms with van der Waals surface area (Å²) in [6.07, 6.45) is 0.715. The van der Waals surface area contributed by atoms with E-state index in [9.17, 15) is 4.79 Å². The van der Waals surface area contributed by atoms with E-state index in [1.165, 1.54) is 7.11 Å². The summed E-state index contributed by atoms with van der Waals surface area (Å²) in [5.74, 6) is -0.188. The van der Waals surface area contributed by atoms with E-state index >= 15 is 0 Å². The Labute approximate surface area is 76.9 Å². The monoisotopic (exact) mass is 192 g/mol. The van der Waals surface area contributed by atoms with Gasteiger partial charge in [0, 0.05) is 12.6 Å². The molecule has 1 fully saturated rings. The van der Waals surface area contributed by atoms with E-state index in [1.54, 1.807) is 0 Å². The van der Waals surface area contributed by atoms with Gasteiger partial charge in [-0.05, 0) is 25.2 Å². The highest BCUT2D eigenvalue weighted by molar-refractivity contribution is 6.13. The molecule has 0 aliphatic carbocycles. The fourth-order valence-corrected chi connectivity index (χ4v) is 1.65. The molecule has 0 radical (unpaired) electrons. The molecule has 0 aromatic heterocycles. The third-order valence-electron chi connectivity index (χ3n) is 2.18. The summed E-state index contributed by atoms with van der Waals surface area (Å²) in [5, 5.41) is 0. The number of nitrogens with zero attached hydrogens (tertiary/aromatic N) is 1. The summed E-state index contributed by atoms with van der Waals surface area (Å²) in [6, 6.07) is 0.0343. The molecule has 0 spiro atoms. The number of carbonyl (C=O) groups excluding carboxylic acids is 1. The number of hydrogen-bond acceptors (Lipinski definition) is 4. The van der Waals surface area contributed by atoms with Crippen molar-refractivity contribution in [2.75, 3.05) is 20.7 Å². The Hall–Kier alpha value is -0.320. The molecule has 1 heterocycles. The first-order valence-electron chi connectivity index (χ1n) is 3.83. The minimum absolute atomic E-state index is 0.147. The quantitative estimate of drug-likeness (QED) is 0.493. The lowest BCUT2D eigenvalue weighted by molar-refractivity contribution is -0.145. The lowest BCUT2D eigenvalue weighted by atomic mass is 10.2. The van der Waals surface area contributed by atoms with Gasteiger partial charge in [0.05, 0.1) is 7.11 Å². The van der Waals surface area contributed by atoms with Crippen LogP contribution in [-0.2, 0) is 9.53 Å². The van der Waals surface area contributed by atoms with Crippen molar-refractivity contribution in [1.29, 1.82) is 0 Å². The van der Waals surface area contributed by atoms with Crippen molar-refractivity contribution in [2.24, 2.45) is 0 Å². The molecule has 2 unspecified atom stereocenters. The number of methoxy groups -OCH3 is 1. The second-order valence-electron chi connectivity index (χ2n) is 3.02.